The summed E-state index contributed by atoms with van der Waals surface area (Å²) in [5, 5.41) is 3.67. The smallest absolute Gasteiger partial charge is 0.332 e. The maximum atomic E-state index is 13.2. The van der Waals surface area contributed by atoms with Crippen LogP contribution in [0.3, 0.4) is 0 Å². The molecule has 2 aromatic carbocycles. The average Bonchev–Trinajstić information content (AvgIpc) is 3.28. The fourth-order valence-corrected chi connectivity index (χ4v) is 5.20. The van der Waals surface area contributed by atoms with Crippen molar-refractivity contribution >= 4 is 51.9 Å². The fraction of sp³-hybridized carbons (Fsp3) is 0.333. The number of benzene rings is 2. The number of rotatable bonds is 6. The molecule has 3 heterocycles. The molecule has 0 atom stereocenters. The molecule has 1 fully saturated rings. The molecule has 4 aromatic rings. The third-order valence-electron chi connectivity index (χ3n) is 6.98. The predicted octanol–water partition coefficient (Wildman–Crippen LogP) is 2.86. The number of aromatic nitrogens is 4. The maximum absolute atomic E-state index is 13.2. The summed E-state index contributed by atoms with van der Waals surface area (Å²) in [6.07, 6.45) is 0. The van der Waals surface area contributed by atoms with Crippen molar-refractivity contribution in [3.8, 4) is 0 Å². The Kier molecular flexibility index (Phi) is 7.53. The van der Waals surface area contributed by atoms with Crippen molar-refractivity contribution in [1.82, 2.24) is 23.6 Å². The van der Waals surface area contributed by atoms with Crippen molar-refractivity contribution in [2.45, 2.75) is 13.5 Å². The molecule has 39 heavy (non-hydrogen) atoms. The Hall–Kier alpha value is -3.60. The van der Waals surface area contributed by atoms with Crippen LogP contribution in [0.2, 0.25) is 10.0 Å². The lowest BCUT2D eigenvalue weighted by Gasteiger charge is -2.35. The minimum Gasteiger partial charge on any atom is -0.340 e. The van der Waals surface area contributed by atoms with Gasteiger partial charge in [0, 0.05) is 46.0 Å². The third-order valence-corrected chi connectivity index (χ3v) is 7.72. The summed E-state index contributed by atoms with van der Waals surface area (Å²) in [5.74, 6) is 0.483. The maximum Gasteiger partial charge on any atom is 0.332 e. The SMILES string of the molecule is Cc1cccc(Cn2c(N3CCN(CC(=O)Nc4ccc(Cl)c(Cl)c4)CC3)nc3c2c(=O)n(C)c(=O)n3C)c1. The van der Waals surface area contributed by atoms with E-state index < -0.39 is 5.69 Å². The average molecular weight is 570 g/mol. The van der Waals surface area contributed by atoms with E-state index in [1.807, 2.05) is 29.7 Å². The molecular formula is C27H29Cl2N7O3. The monoisotopic (exact) mass is 569 g/mol. The number of fused-ring (bicyclic) bond motifs is 1. The normalized spacial score (nSPS) is 14.2. The zero-order chi connectivity index (χ0) is 27.8. The lowest BCUT2D eigenvalue weighted by molar-refractivity contribution is -0.117. The van der Waals surface area contributed by atoms with Crippen LogP contribution in [0, 0.1) is 6.92 Å². The Bertz CT molecular complexity index is 1680. The van der Waals surface area contributed by atoms with Crippen LogP contribution in [0.15, 0.2) is 52.1 Å². The van der Waals surface area contributed by atoms with E-state index in [-0.39, 0.29) is 18.0 Å². The van der Waals surface area contributed by atoms with E-state index in [0.29, 0.717) is 65.6 Å². The zero-order valence-electron chi connectivity index (χ0n) is 21.9. The van der Waals surface area contributed by atoms with Crippen molar-refractivity contribution in [3.63, 3.8) is 0 Å². The molecule has 0 unspecified atom stereocenters. The fourth-order valence-electron chi connectivity index (χ4n) is 4.90. The highest BCUT2D eigenvalue weighted by atomic mass is 35.5. The van der Waals surface area contributed by atoms with Gasteiger partial charge in [-0.2, -0.15) is 4.98 Å². The van der Waals surface area contributed by atoms with Gasteiger partial charge in [-0.3, -0.25) is 28.2 Å². The number of hydrogen-bond donors (Lipinski definition) is 1. The van der Waals surface area contributed by atoms with Gasteiger partial charge in [-0.25, -0.2) is 4.79 Å². The standard InChI is InChI=1S/C27H29Cl2N7O3/c1-17-5-4-6-18(13-17)15-36-23-24(32(2)27(39)33(3)25(23)38)31-26(36)35-11-9-34(10-12-35)16-22(37)30-19-7-8-20(28)21(29)14-19/h4-8,13-14H,9-12,15-16H2,1-3H3,(H,30,37). The lowest BCUT2D eigenvalue weighted by Crippen LogP contribution is -2.49. The van der Waals surface area contributed by atoms with Gasteiger partial charge < -0.3 is 10.2 Å². The largest absolute Gasteiger partial charge is 0.340 e. The molecular weight excluding hydrogens is 541 g/mol. The molecule has 0 spiro atoms. The minimum absolute atomic E-state index is 0.146. The Morgan fingerprint density at radius 3 is 2.41 bits per heavy atom. The first kappa shape index (κ1) is 27.0. The highest BCUT2D eigenvalue weighted by Gasteiger charge is 2.26. The predicted molar refractivity (Wildman–Crippen MR) is 154 cm³/mol. The van der Waals surface area contributed by atoms with Crippen LogP contribution < -0.4 is 21.5 Å². The highest BCUT2D eigenvalue weighted by Crippen LogP contribution is 2.25. The van der Waals surface area contributed by atoms with Crippen LogP contribution in [0.4, 0.5) is 11.6 Å². The van der Waals surface area contributed by atoms with E-state index in [4.69, 9.17) is 28.2 Å². The van der Waals surface area contributed by atoms with Crippen LogP contribution in [0.5, 0.6) is 0 Å². The second-order valence-corrected chi connectivity index (χ2v) is 10.6. The second kappa shape index (κ2) is 10.9. The first-order chi connectivity index (χ1) is 18.6. The van der Waals surface area contributed by atoms with Crippen molar-refractivity contribution in [1.29, 1.82) is 0 Å². The number of carbonyl (C=O) groups excluding carboxylic acids is 1. The molecule has 10 nitrogen and oxygen atoms in total. The molecule has 1 aliphatic rings. The molecule has 1 aliphatic heterocycles. The molecule has 1 saturated heterocycles. The number of halogens is 2. The first-order valence-electron chi connectivity index (χ1n) is 12.6. The molecule has 5 rings (SSSR count). The van der Waals surface area contributed by atoms with Gasteiger partial charge >= 0.3 is 5.69 Å². The molecule has 1 N–H and O–H groups in total. The molecule has 0 aliphatic carbocycles. The summed E-state index contributed by atoms with van der Waals surface area (Å²) in [6, 6.07) is 13.1. The Balaban J connectivity index is 1.38. The van der Waals surface area contributed by atoms with Crippen molar-refractivity contribution in [2.75, 3.05) is 42.9 Å². The first-order valence-corrected chi connectivity index (χ1v) is 13.3. The highest BCUT2D eigenvalue weighted by molar-refractivity contribution is 6.42. The number of nitrogens with zero attached hydrogens (tertiary/aromatic N) is 6. The molecule has 12 heteroatoms. The van der Waals surface area contributed by atoms with Crippen LogP contribution in [-0.2, 0) is 25.4 Å². The zero-order valence-corrected chi connectivity index (χ0v) is 23.5. The van der Waals surface area contributed by atoms with Gasteiger partial charge in [0.2, 0.25) is 11.9 Å². The number of piperazine rings is 1. The van der Waals surface area contributed by atoms with E-state index in [2.05, 4.69) is 21.2 Å². The lowest BCUT2D eigenvalue weighted by atomic mass is 10.1. The Morgan fingerprint density at radius 2 is 1.72 bits per heavy atom. The summed E-state index contributed by atoms with van der Waals surface area (Å²) in [4.78, 5) is 47.5. The topological polar surface area (TPSA) is 97.4 Å². The van der Waals surface area contributed by atoms with Gasteiger partial charge in [-0.15, -0.1) is 0 Å². The Morgan fingerprint density at radius 1 is 0.974 bits per heavy atom. The molecule has 1 amide bonds. The van der Waals surface area contributed by atoms with E-state index >= 15 is 0 Å². The van der Waals surface area contributed by atoms with Gasteiger partial charge in [0.05, 0.1) is 23.1 Å². The van der Waals surface area contributed by atoms with E-state index in [1.165, 1.54) is 11.6 Å². The molecule has 0 bridgehead atoms. The van der Waals surface area contributed by atoms with Gasteiger partial charge in [-0.05, 0) is 30.7 Å². The minimum atomic E-state index is -0.419. The quantitative estimate of drug-likeness (QED) is 0.383. The van der Waals surface area contributed by atoms with Gasteiger partial charge in [0.25, 0.3) is 5.56 Å². The number of hydrogen-bond acceptors (Lipinski definition) is 6. The number of imidazole rings is 1. The summed E-state index contributed by atoms with van der Waals surface area (Å²) >= 11 is 12.0. The molecule has 0 saturated carbocycles. The van der Waals surface area contributed by atoms with Crippen LogP contribution >= 0.6 is 23.2 Å². The molecule has 0 radical (unpaired) electrons. The van der Waals surface area contributed by atoms with Gasteiger partial charge in [0.1, 0.15) is 0 Å². The number of anilines is 2. The van der Waals surface area contributed by atoms with E-state index in [1.54, 1.807) is 25.2 Å². The summed E-state index contributed by atoms with van der Waals surface area (Å²) in [7, 11) is 3.11. The van der Waals surface area contributed by atoms with Crippen molar-refractivity contribution < 1.29 is 4.79 Å². The third kappa shape index (κ3) is 5.45. The van der Waals surface area contributed by atoms with Crippen LogP contribution in [0.25, 0.3) is 11.2 Å². The van der Waals surface area contributed by atoms with Gasteiger partial charge in [-0.1, -0.05) is 53.0 Å². The Labute approximate surface area is 235 Å². The van der Waals surface area contributed by atoms with Crippen LogP contribution in [-0.4, -0.2) is 62.2 Å². The summed E-state index contributed by atoms with van der Waals surface area (Å²) in [5.41, 5.74) is 2.68. The number of amides is 1. The number of carbonyl (C=O) groups is 1. The summed E-state index contributed by atoms with van der Waals surface area (Å²) < 4.78 is 4.43. The summed E-state index contributed by atoms with van der Waals surface area (Å²) in [6.45, 7) is 5.14. The molecule has 204 valence electrons. The van der Waals surface area contributed by atoms with Crippen molar-refractivity contribution in [3.05, 3.63) is 84.5 Å². The second-order valence-electron chi connectivity index (χ2n) is 9.81. The van der Waals surface area contributed by atoms with Crippen molar-refractivity contribution in [2.24, 2.45) is 14.1 Å². The van der Waals surface area contributed by atoms with Crippen LogP contribution in [0.1, 0.15) is 11.1 Å². The van der Waals surface area contributed by atoms with E-state index in [9.17, 15) is 14.4 Å². The van der Waals surface area contributed by atoms with Gasteiger partial charge in [0.15, 0.2) is 11.2 Å². The van der Waals surface area contributed by atoms with E-state index in [0.717, 1.165) is 15.7 Å². The number of aryl methyl sites for hydroxylation is 2. The molecule has 2 aromatic heterocycles. The number of nitrogens with one attached hydrogen (secondary N) is 1.